The number of phenolic OH excluding ortho intramolecular Hbond substituents is 1. The normalized spacial score (nSPS) is 10.0. The van der Waals surface area contributed by atoms with Gasteiger partial charge in [0.2, 0.25) is 0 Å². The summed E-state index contributed by atoms with van der Waals surface area (Å²) in [6.45, 7) is 0. The summed E-state index contributed by atoms with van der Waals surface area (Å²) in [5, 5.41) is 9.54. The Hall–Kier alpha value is -0.780. The van der Waals surface area contributed by atoms with Crippen LogP contribution in [0.3, 0.4) is 0 Å². The maximum Gasteiger partial charge on any atom is 0.305 e. The van der Waals surface area contributed by atoms with E-state index < -0.39 is 0 Å². The molecule has 0 aliphatic carbocycles. The highest BCUT2D eigenvalue weighted by Gasteiger charge is 2.04. The summed E-state index contributed by atoms with van der Waals surface area (Å²) in [5.41, 5.74) is 0.880. The van der Waals surface area contributed by atoms with Crippen LogP contribution in [0, 0.1) is 3.57 Å². The van der Waals surface area contributed by atoms with Crippen LogP contribution in [0.2, 0.25) is 0 Å². The number of phenols is 1. The van der Waals surface area contributed by atoms with Crippen LogP contribution in [-0.4, -0.2) is 18.2 Å². The lowest BCUT2D eigenvalue weighted by molar-refractivity contribution is -0.140. The molecule has 0 aliphatic rings. The molecule has 3 nitrogen and oxygen atoms in total. The molecule has 0 fully saturated rings. The summed E-state index contributed by atoms with van der Waals surface area (Å²) in [5.74, 6) is 0.0837. The Labute approximate surface area is 103 Å². The molecule has 0 saturated heterocycles. The Kier molecular flexibility index (Phi) is 4.87. The van der Waals surface area contributed by atoms with Crippen LogP contribution in [0.1, 0.15) is 18.4 Å². The second kappa shape index (κ2) is 5.95. The quantitative estimate of drug-likeness (QED) is 0.685. The lowest BCUT2D eigenvalue weighted by Crippen LogP contribution is -2.00. The Balaban J connectivity index is 2.50. The fraction of sp³-hybridized carbons (Fsp3) is 0.364. The summed E-state index contributed by atoms with van der Waals surface area (Å²) in [4.78, 5) is 10.9. The molecule has 0 radical (unpaired) electrons. The molecular formula is C11H13IO3. The number of ether oxygens (including phenoxy) is 1. The van der Waals surface area contributed by atoms with Gasteiger partial charge in [-0.1, -0.05) is 0 Å². The molecule has 1 N–H and O–H groups in total. The SMILES string of the molecule is COC(=O)CCCc1cc(I)ccc1O. The van der Waals surface area contributed by atoms with E-state index in [1.807, 2.05) is 12.1 Å². The topological polar surface area (TPSA) is 46.5 Å². The van der Waals surface area contributed by atoms with Crippen LogP contribution in [0.25, 0.3) is 0 Å². The zero-order chi connectivity index (χ0) is 11.3. The lowest BCUT2D eigenvalue weighted by atomic mass is 10.1. The van der Waals surface area contributed by atoms with Gasteiger partial charge in [0.25, 0.3) is 0 Å². The Bertz CT molecular complexity index is 350. The number of aryl methyl sites for hydroxylation is 1. The molecule has 4 heteroatoms. The number of aromatic hydroxyl groups is 1. The predicted octanol–water partition coefficient (Wildman–Crippen LogP) is 2.49. The van der Waals surface area contributed by atoms with Crippen LogP contribution in [0.5, 0.6) is 5.75 Å². The molecule has 1 aromatic rings. The molecule has 0 atom stereocenters. The summed E-state index contributed by atoms with van der Waals surface area (Å²) in [6, 6.07) is 5.45. The van der Waals surface area contributed by atoms with Crippen molar-refractivity contribution in [3.8, 4) is 5.75 Å². The van der Waals surface area contributed by atoms with Gasteiger partial charge in [0.05, 0.1) is 7.11 Å². The molecule has 0 bridgehead atoms. The second-order valence-electron chi connectivity index (χ2n) is 3.20. The average molecular weight is 320 g/mol. The van der Waals surface area contributed by atoms with Gasteiger partial charge in [0, 0.05) is 9.99 Å². The van der Waals surface area contributed by atoms with E-state index in [0.717, 1.165) is 9.13 Å². The molecule has 82 valence electrons. The smallest absolute Gasteiger partial charge is 0.305 e. The van der Waals surface area contributed by atoms with Crippen LogP contribution < -0.4 is 0 Å². The zero-order valence-corrected chi connectivity index (χ0v) is 10.7. The number of hydrogen-bond acceptors (Lipinski definition) is 3. The van der Waals surface area contributed by atoms with E-state index in [-0.39, 0.29) is 5.97 Å². The summed E-state index contributed by atoms with van der Waals surface area (Å²) < 4.78 is 5.62. The Morgan fingerprint density at radius 1 is 1.53 bits per heavy atom. The first-order valence-corrected chi connectivity index (χ1v) is 5.75. The van der Waals surface area contributed by atoms with E-state index in [4.69, 9.17) is 0 Å². The van der Waals surface area contributed by atoms with Gasteiger partial charge in [0.1, 0.15) is 5.75 Å². The first kappa shape index (κ1) is 12.3. The van der Waals surface area contributed by atoms with Crippen molar-refractivity contribution >= 4 is 28.6 Å². The number of benzene rings is 1. The first-order valence-electron chi connectivity index (χ1n) is 4.67. The highest BCUT2D eigenvalue weighted by Crippen LogP contribution is 2.21. The maximum absolute atomic E-state index is 10.9. The van der Waals surface area contributed by atoms with Crippen molar-refractivity contribution in [2.45, 2.75) is 19.3 Å². The van der Waals surface area contributed by atoms with E-state index in [2.05, 4.69) is 27.3 Å². The minimum atomic E-state index is -0.208. The van der Waals surface area contributed by atoms with Gasteiger partial charge in [-0.3, -0.25) is 4.79 Å². The summed E-state index contributed by atoms with van der Waals surface area (Å²) >= 11 is 2.19. The molecule has 1 rings (SSSR count). The van der Waals surface area contributed by atoms with Crippen molar-refractivity contribution in [3.63, 3.8) is 0 Å². The van der Waals surface area contributed by atoms with Gasteiger partial charge in [0.15, 0.2) is 0 Å². The van der Waals surface area contributed by atoms with Crippen LogP contribution >= 0.6 is 22.6 Å². The monoisotopic (exact) mass is 320 g/mol. The van der Waals surface area contributed by atoms with Crippen LogP contribution in [0.4, 0.5) is 0 Å². The van der Waals surface area contributed by atoms with E-state index in [0.29, 0.717) is 25.0 Å². The number of halogens is 1. The van der Waals surface area contributed by atoms with E-state index in [1.54, 1.807) is 6.07 Å². The van der Waals surface area contributed by atoms with E-state index in [9.17, 15) is 9.90 Å². The molecule has 0 unspecified atom stereocenters. The Morgan fingerprint density at radius 3 is 2.93 bits per heavy atom. The van der Waals surface area contributed by atoms with Crippen molar-refractivity contribution in [1.82, 2.24) is 0 Å². The standard InChI is InChI=1S/C11H13IO3/c1-15-11(14)4-2-3-8-7-9(12)5-6-10(8)13/h5-7,13H,2-4H2,1H3. The van der Waals surface area contributed by atoms with Crippen molar-refractivity contribution < 1.29 is 14.6 Å². The fourth-order valence-corrected chi connectivity index (χ4v) is 1.84. The van der Waals surface area contributed by atoms with Gasteiger partial charge in [-0.05, 0) is 59.2 Å². The summed E-state index contributed by atoms with van der Waals surface area (Å²) in [7, 11) is 1.38. The van der Waals surface area contributed by atoms with Crippen LogP contribution in [-0.2, 0) is 16.0 Å². The molecular weight excluding hydrogens is 307 g/mol. The largest absolute Gasteiger partial charge is 0.508 e. The molecule has 0 heterocycles. The maximum atomic E-state index is 10.9. The van der Waals surface area contributed by atoms with Gasteiger partial charge in [-0.2, -0.15) is 0 Å². The number of methoxy groups -OCH3 is 1. The molecule has 0 saturated carbocycles. The third-order valence-corrected chi connectivity index (χ3v) is 2.77. The third kappa shape index (κ3) is 4.07. The lowest BCUT2D eigenvalue weighted by Gasteiger charge is -2.04. The van der Waals surface area contributed by atoms with Gasteiger partial charge in [-0.25, -0.2) is 0 Å². The highest BCUT2D eigenvalue weighted by molar-refractivity contribution is 14.1. The van der Waals surface area contributed by atoms with Gasteiger partial charge < -0.3 is 9.84 Å². The van der Waals surface area contributed by atoms with Gasteiger partial charge >= 0.3 is 5.97 Å². The Morgan fingerprint density at radius 2 is 2.27 bits per heavy atom. The second-order valence-corrected chi connectivity index (χ2v) is 4.45. The number of carbonyl (C=O) groups is 1. The highest BCUT2D eigenvalue weighted by atomic mass is 127. The molecule has 0 aromatic heterocycles. The van der Waals surface area contributed by atoms with E-state index in [1.165, 1.54) is 7.11 Å². The van der Waals surface area contributed by atoms with Crippen molar-refractivity contribution in [1.29, 1.82) is 0 Å². The molecule has 15 heavy (non-hydrogen) atoms. The van der Waals surface area contributed by atoms with Crippen LogP contribution in [0.15, 0.2) is 18.2 Å². The number of carbonyl (C=O) groups excluding carboxylic acids is 1. The van der Waals surface area contributed by atoms with E-state index >= 15 is 0 Å². The van der Waals surface area contributed by atoms with Crippen molar-refractivity contribution in [3.05, 3.63) is 27.3 Å². The molecule has 1 aromatic carbocycles. The van der Waals surface area contributed by atoms with Gasteiger partial charge in [-0.15, -0.1) is 0 Å². The van der Waals surface area contributed by atoms with Crippen molar-refractivity contribution in [2.24, 2.45) is 0 Å². The number of esters is 1. The third-order valence-electron chi connectivity index (χ3n) is 2.10. The minimum absolute atomic E-state index is 0.208. The number of rotatable bonds is 4. The average Bonchev–Trinajstić information content (AvgIpc) is 2.23. The summed E-state index contributed by atoms with van der Waals surface area (Å²) in [6.07, 6.45) is 1.78. The molecule has 0 spiro atoms. The minimum Gasteiger partial charge on any atom is -0.508 e. The van der Waals surface area contributed by atoms with Crippen molar-refractivity contribution in [2.75, 3.05) is 7.11 Å². The molecule has 0 amide bonds. The molecule has 0 aliphatic heterocycles. The predicted molar refractivity (Wildman–Crippen MR) is 65.8 cm³/mol. The first-order chi connectivity index (χ1) is 7.13. The zero-order valence-electron chi connectivity index (χ0n) is 8.50. The fourth-order valence-electron chi connectivity index (χ4n) is 1.28. The number of hydrogen-bond donors (Lipinski definition) is 1.